The number of ketones is 2. The smallest absolute Gasteiger partial charge is 0.267 e. The first-order valence-electron chi connectivity index (χ1n) is 7.17. The lowest BCUT2D eigenvalue weighted by Gasteiger charge is -2.20. The summed E-state index contributed by atoms with van der Waals surface area (Å²) in [5.74, 6) is 0.0786. The number of ether oxygens (including phenoxy) is 4. The van der Waals surface area contributed by atoms with Crippen molar-refractivity contribution in [2.45, 2.75) is 0 Å². The van der Waals surface area contributed by atoms with E-state index in [1.807, 2.05) is 0 Å². The maximum atomic E-state index is 12.3. The molecule has 0 radical (unpaired) electrons. The van der Waals surface area contributed by atoms with Crippen molar-refractivity contribution in [1.82, 2.24) is 0 Å². The predicted molar refractivity (Wildman–Crippen MR) is 87.9 cm³/mol. The molecule has 1 aliphatic rings. The van der Waals surface area contributed by atoms with Crippen molar-refractivity contribution in [2.75, 3.05) is 28.4 Å². The molecule has 6 nitrogen and oxygen atoms in total. The van der Waals surface area contributed by atoms with Crippen LogP contribution in [0.5, 0.6) is 17.2 Å². The Morgan fingerprint density at radius 3 is 2.08 bits per heavy atom. The lowest BCUT2D eigenvalue weighted by atomic mass is 9.89. The van der Waals surface area contributed by atoms with Crippen LogP contribution in [0.2, 0.25) is 0 Å². The van der Waals surface area contributed by atoms with Crippen molar-refractivity contribution in [3.63, 3.8) is 0 Å². The second-order valence-electron chi connectivity index (χ2n) is 5.14. The summed E-state index contributed by atoms with van der Waals surface area (Å²) < 4.78 is 21.3. The number of carbonyl (C=O) groups excluding carboxylic acids is 2. The van der Waals surface area contributed by atoms with E-state index in [9.17, 15) is 9.59 Å². The first-order chi connectivity index (χ1) is 11.6. The molecule has 2 aromatic rings. The van der Waals surface area contributed by atoms with Gasteiger partial charge in [0.25, 0.3) is 5.78 Å². The number of benzene rings is 2. The van der Waals surface area contributed by atoms with E-state index in [0.29, 0.717) is 33.8 Å². The van der Waals surface area contributed by atoms with Gasteiger partial charge in [-0.25, -0.2) is 0 Å². The largest absolute Gasteiger partial charge is 0.493 e. The Kier molecular flexibility index (Phi) is 3.89. The van der Waals surface area contributed by atoms with Gasteiger partial charge >= 0.3 is 0 Å². The molecule has 0 atom stereocenters. The zero-order valence-electron chi connectivity index (χ0n) is 13.8. The average molecular weight is 328 g/mol. The third kappa shape index (κ3) is 2.11. The molecule has 3 rings (SSSR count). The summed E-state index contributed by atoms with van der Waals surface area (Å²) in [5.41, 5.74) is 0.866. The summed E-state index contributed by atoms with van der Waals surface area (Å²) >= 11 is 0. The van der Waals surface area contributed by atoms with Gasteiger partial charge in [0.1, 0.15) is 0 Å². The number of hydrogen-bond acceptors (Lipinski definition) is 6. The molecule has 1 aliphatic carbocycles. The first kappa shape index (κ1) is 15.9. The minimum atomic E-state index is -0.663. The van der Waals surface area contributed by atoms with E-state index in [-0.39, 0.29) is 5.76 Å². The van der Waals surface area contributed by atoms with Crippen molar-refractivity contribution >= 4 is 28.4 Å². The molecule has 0 amide bonds. The zero-order chi connectivity index (χ0) is 17.4. The molecule has 0 unspecified atom stereocenters. The molecule has 124 valence electrons. The SMILES string of the molecule is COC1=Cc2c(ccc3cc(OC)c(OC)c(OC)c23)C(=O)C1=O. The van der Waals surface area contributed by atoms with E-state index in [4.69, 9.17) is 18.9 Å². The Morgan fingerprint density at radius 1 is 0.792 bits per heavy atom. The summed E-state index contributed by atoms with van der Waals surface area (Å²) in [4.78, 5) is 24.4. The van der Waals surface area contributed by atoms with Crippen LogP contribution in [-0.4, -0.2) is 40.0 Å². The molecular formula is C18H16O6. The van der Waals surface area contributed by atoms with Crippen LogP contribution in [0.15, 0.2) is 24.0 Å². The number of methoxy groups -OCH3 is 4. The van der Waals surface area contributed by atoms with Crippen LogP contribution in [0.4, 0.5) is 0 Å². The van der Waals surface area contributed by atoms with Gasteiger partial charge in [0.05, 0.1) is 28.4 Å². The van der Waals surface area contributed by atoms with Crippen molar-refractivity contribution in [1.29, 1.82) is 0 Å². The van der Waals surface area contributed by atoms with Crippen LogP contribution < -0.4 is 14.2 Å². The highest BCUT2D eigenvalue weighted by atomic mass is 16.5. The predicted octanol–water partition coefficient (Wildman–Crippen LogP) is 2.62. The normalized spacial score (nSPS) is 13.4. The monoisotopic (exact) mass is 328 g/mol. The minimum Gasteiger partial charge on any atom is -0.493 e. The van der Waals surface area contributed by atoms with Gasteiger partial charge in [0.15, 0.2) is 17.3 Å². The van der Waals surface area contributed by atoms with E-state index < -0.39 is 11.6 Å². The lowest BCUT2D eigenvalue weighted by molar-refractivity contribution is -0.114. The van der Waals surface area contributed by atoms with Crippen LogP contribution >= 0.6 is 0 Å². The summed E-state index contributed by atoms with van der Waals surface area (Å²) in [5, 5.41) is 1.44. The minimum absolute atomic E-state index is 0.00293. The fourth-order valence-electron chi connectivity index (χ4n) is 2.91. The van der Waals surface area contributed by atoms with E-state index in [1.165, 1.54) is 28.4 Å². The summed E-state index contributed by atoms with van der Waals surface area (Å²) in [6, 6.07) is 5.15. The maximum absolute atomic E-state index is 12.3. The van der Waals surface area contributed by atoms with Gasteiger partial charge in [0.2, 0.25) is 11.5 Å². The van der Waals surface area contributed by atoms with Gasteiger partial charge in [-0.1, -0.05) is 6.07 Å². The fourth-order valence-corrected chi connectivity index (χ4v) is 2.91. The standard InChI is InChI=1S/C18H16O6/c1-21-12-8-11-10(15(19)16(12)20)6-5-9-7-13(22-2)17(23-3)18(24-4)14(9)11/h5-8H,1-4H3. The summed E-state index contributed by atoms with van der Waals surface area (Å²) in [6.45, 7) is 0. The molecule has 0 saturated heterocycles. The van der Waals surface area contributed by atoms with E-state index >= 15 is 0 Å². The van der Waals surface area contributed by atoms with E-state index in [0.717, 1.165) is 5.39 Å². The second kappa shape index (κ2) is 5.88. The molecule has 0 saturated carbocycles. The van der Waals surface area contributed by atoms with Gasteiger partial charge in [0, 0.05) is 16.5 Å². The zero-order valence-corrected chi connectivity index (χ0v) is 13.8. The number of fused-ring (bicyclic) bond motifs is 3. The number of hydrogen-bond donors (Lipinski definition) is 0. The molecule has 0 spiro atoms. The number of rotatable bonds is 4. The molecule has 2 aromatic carbocycles. The molecule has 0 aliphatic heterocycles. The fraction of sp³-hybridized carbons (Fsp3) is 0.222. The van der Waals surface area contributed by atoms with Crippen LogP contribution in [0, 0.1) is 0 Å². The van der Waals surface area contributed by atoms with Gasteiger partial charge in [-0.15, -0.1) is 0 Å². The molecule has 0 fully saturated rings. The molecule has 24 heavy (non-hydrogen) atoms. The molecular weight excluding hydrogens is 312 g/mol. The third-order valence-corrected chi connectivity index (χ3v) is 4.02. The Bertz CT molecular complexity index is 894. The molecule has 6 heteroatoms. The Labute approximate surface area is 138 Å². The highest BCUT2D eigenvalue weighted by Crippen LogP contribution is 2.46. The highest BCUT2D eigenvalue weighted by molar-refractivity contribution is 6.51. The van der Waals surface area contributed by atoms with Crippen molar-refractivity contribution in [3.8, 4) is 17.2 Å². The summed E-state index contributed by atoms with van der Waals surface area (Å²) in [7, 11) is 5.90. The van der Waals surface area contributed by atoms with E-state index in [1.54, 1.807) is 24.3 Å². The van der Waals surface area contributed by atoms with Gasteiger partial charge in [-0.3, -0.25) is 9.59 Å². The van der Waals surface area contributed by atoms with Gasteiger partial charge < -0.3 is 18.9 Å². The molecule has 0 N–H and O–H groups in total. The Balaban J connectivity index is 2.47. The van der Waals surface area contributed by atoms with Gasteiger partial charge in [-0.05, 0) is 23.6 Å². The maximum Gasteiger partial charge on any atom is 0.267 e. The average Bonchev–Trinajstić information content (AvgIpc) is 2.62. The lowest BCUT2D eigenvalue weighted by Crippen LogP contribution is -2.22. The Morgan fingerprint density at radius 2 is 1.50 bits per heavy atom. The first-order valence-corrected chi connectivity index (χ1v) is 7.17. The van der Waals surface area contributed by atoms with E-state index in [2.05, 4.69) is 0 Å². The molecule has 0 aromatic heterocycles. The topological polar surface area (TPSA) is 71.1 Å². The second-order valence-corrected chi connectivity index (χ2v) is 5.14. The Hall–Kier alpha value is -3.02. The van der Waals surface area contributed by atoms with Crippen LogP contribution in [0.3, 0.4) is 0 Å². The van der Waals surface area contributed by atoms with Crippen molar-refractivity contribution < 1.29 is 28.5 Å². The quantitative estimate of drug-likeness (QED) is 0.804. The van der Waals surface area contributed by atoms with Gasteiger partial charge in [-0.2, -0.15) is 0 Å². The molecule has 0 heterocycles. The number of Topliss-reactive ketones (excluding diaryl/α,β-unsaturated/α-hetero) is 2. The number of carbonyl (C=O) groups is 2. The van der Waals surface area contributed by atoms with Crippen LogP contribution in [0.25, 0.3) is 16.8 Å². The third-order valence-electron chi connectivity index (χ3n) is 4.02. The highest BCUT2D eigenvalue weighted by Gasteiger charge is 2.31. The molecule has 0 bridgehead atoms. The van der Waals surface area contributed by atoms with Crippen LogP contribution in [0.1, 0.15) is 15.9 Å². The summed E-state index contributed by atoms with van der Waals surface area (Å²) in [6.07, 6.45) is 1.55. The van der Waals surface area contributed by atoms with Crippen LogP contribution in [-0.2, 0) is 9.53 Å². The van der Waals surface area contributed by atoms with Crippen molar-refractivity contribution in [2.24, 2.45) is 0 Å². The number of allylic oxidation sites excluding steroid dienone is 1. The van der Waals surface area contributed by atoms with Crippen molar-refractivity contribution in [3.05, 3.63) is 35.1 Å².